The van der Waals surface area contributed by atoms with Crippen LogP contribution in [0.25, 0.3) is 0 Å². The molecular weight excluding hydrogens is 260 g/mol. The van der Waals surface area contributed by atoms with Gasteiger partial charge in [0.05, 0.1) is 5.56 Å². The van der Waals surface area contributed by atoms with Gasteiger partial charge in [0.1, 0.15) is 0 Å². The third kappa shape index (κ3) is 2.47. The summed E-state index contributed by atoms with van der Waals surface area (Å²) in [5.41, 5.74) is 2.99. The number of fused-ring (bicyclic) bond motifs is 1. The fourth-order valence-corrected chi connectivity index (χ4v) is 2.42. The van der Waals surface area contributed by atoms with Gasteiger partial charge < -0.3 is 4.90 Å². The largest absolute Gasteiger partial charge is 0.334 e. The van der Waals surface area contributed by atoms with Crippen LogP contribution in [-0.2, 0) is 13.0 Å². The van der Waals surface area contributed by atoms with Crippen molar-refractivity contribution < 1.29 is 4.79 Å². The molecule has 1 aromatic carbocycles. The summed E-state index contributed by atoms with van der Waals surface area (Å²) in [6.07, 6.45) is 4.22. The van der Waals surface area contributed by atoms with Crippen molar-refractivity contribution in [1.29, 1.82) is 0 Å². The van der Waals surface area contributed by atoms with E-state index in [1.54, 1.807) is 12.4 Å². The molecule has 0 atom stereocenters. The molecule has 19 heavy (non-hydrogen) atoms. The highest BCUT2D eigenvalue weighted by molar-refractivity contribution is 6.30. The lowest BCUT2D eigenvalue weighted by atomic mass is 10.1. The third-order valence-electron chi connectivity index (χ3n) is 3.37. The van der Waals surface area contributed by atoms with Crippen LogP contribution in [0, 0.1) is 0 Å². The first-order valence-corrected chi connectivity index (χ1v) is 6.58. The van der Waals surface area contributed by atoms with Crippen LogP contribution in [0.1, 0.15) is 21.5 Å². The average molecular weight is 273 g/mol. The summed E-state index contributed by atoms with van der Waals surface area (Å²) >= 11 is 5.85. The van der Waals surface area contributed by atoms with E-state index < -0.39 is 0 Å². The van der Waals surface area contributed by atoms with E-state index in [2.05, 4.69) is 4.98 Å². The van der Waals surface area contributed by atoms with Gasteiger partial charge in [-0.25, -0.2) is 0 Å². The van der Waals surface area contributed by atoms with Crippen LogP contribution in [0.15, 0.2) is 42.7 Å². The summed E-state index contributed by atoms with van der Waals surface area (Å²) in [4.78, 5) is 18.0. The molecule has 1 amide bonds. The highest BCUT2D eigenvalue weighted by atomic mass is 35.5. The minimum atomic E-state index is 0.0806. The molecule has 4 heteroatoms. The second kappa shape index (κ2) is 5.02. The Morgan fingerprint density at radius 3 is 2.74 bits per heavy atom. The van der Waals surface area contributed by atoms with E-state index in [4.69, 9.17) is 11.6 Å². The number of nitrogens with zero attached hydrogens (tertiary/aromatic N) is 2. The Balaban J connectivity index is 1.67. The molecule has 1 aliphatic rings. The van der Waals surface area contributed by atoms with Gasteiger partial charge in [-0.15, -0.1) is 0 Å². The van der Waals surface area contributed by atoms with Crippen molar-refractivity contribution >= 4 is 17.5 Å². The first-order chi connectivity index (χ1) is 9.24. The Morgan fingerprint density at radius 2 is 2.00 bits per heavy atom. The predicted molar refractivity (Wildman–Crippen MR) is 74.1 cm³/mol. The lowest BCUT2D eigenvalue weighted by molar-refractivity contribution is 0.0780. The molecule has 0 N–H and O–H groups in total. The maximum atomic E-state index is 12.1. The van der Waals surface area contributed by atoms with Crippen LogP contribution in [0.2, 0.25) is 5.02 Å². The normalized spacial score (nSPS) is 13.7. The number of benzene rings is 1. The summed E-state index contributed by atoms with van der Waals surface area (Å²) in [5, 5.41) is 0.736. The maximum absolute atomic E-state index is 12.1. The zero-order chi connectivity index (χ0) is 13.2. The molecule has 0 fully saturated rings. The first-order valence-electron chi connectivity index (χ1n) is 6.20. The Bertz CT molecular complexity index is 610. The van der Waals surface area contributed by atoms with Crippen molar-refractivity contribution in [2.45, 2.75) is 13.0 Å². The summed E-state index contributed by atoms with van der Waals surface area (Å²) in [5.74, 6) is 0.0806. The Hall–Kier alpha value is -1.87. The van der Waals surface area contributed by atoms with Crippen LogP contribution in [-0.4, -0.2) is 22.3 Å². The average Bonchev–Trinajstić information content (AvgIpc) is 2.76. The molecule has 1 aromatic heterocycles. The molecule has 3 rings (SSSR count). The number of rotatable bonds is 3. The van der Waals surface area contributed by atoms with Crippen molar-refractivity contribution in [2.75, 3.05) is 6.54 Å². The summed E-state index contributed by atoms with van der Waals surface area (Å²) in [6, 6.07) is 9.66. The van der Waals surface area contributed by atoms with E-state index in [0.29, 0.717) is 6.54 Å². The molecule has 0 spiro atoms. The molecule has 0 saturated carbocycles. The molecule has 0 bridgehead atoms. The fraction of sp³-hybridized carbons (Fsp3) is 0.200. The molecule has 2 aromatic rings. The van der Waals surface area contributed by atoms with Gasteiger partial charge in [-0.1, -0.05) is 23.7 Å². The molecule has 3 nitrogen and oxygen atoms in total. The molecule has 96 valence electrons. The summed E-state index contributed by atoms with van der Waals surface area (Å²) in [6.45, 7) is 1.40. The van der Waals surface area contributed by atoms with Crippen molar-refractivity contribution in [1.82, 2.24) is 9.88 Å². The van der Waals surface area contributed by atoms with Gasteiger partial charge in [0.15, 0.2) is 0 Å². The van der Waals surface area contributed by atoms with Gasteiger partial charge >= 0.3 is 0 Å². The Labute approximate surface area is 116 Å². The lowest BCUT2D eigenvalue weighted by Gasteiger charge is -2.15. The summed E-state index contributed by atoms with van der Waals surface area (Å²) in [7, 11) is 0. The number of amides is 1. The third-order valence-corrected chi connectivity index (χ3v) is 3.63. The highest BCUT2D eigenvalue weighted by Gasteiger charge is 2.26. The van der Waals surface area contributed by atoms with Gasteiger partial charge in [-0.05, 0) is 35.7 Å². The monoisotopic (exact) mass is 272 g/mol. The van der Waals surface area contributed by atoms with Gasteiger partial charge in [0.25, 0.3) is 5.91 Å². The van der Waals surface area contributed by atoms with Gasteiger partial charge in [-0.3, -0.25) is 9.78 Å². The smallest absolute Gasteiger partial charge is 0.256 e. The van der Waals surface area contributed by atoms with E-state index in [9.17, 15) is 4.79 Å². The van der Waals surface area contributed by atoms with Crippen molar-refractivity contribution in [3.05, 3.63) is 64.4 Å². The zero-order valence-corrected chi connectivity index (χ0v) is 11.1. The number of pyridine rings is 1. The minimum Gasteiger partial charge on any atom is -0.334 e. The molecule has 0 aliphatic carbocycles. The number of halogens is 1. The van der Waals surface area contributed by atoms with Gasteiger partial charge in [0, 0.05) is 30.5 Å². The molecule has 0 saturated heterocycles. The van der Waals surface area contributed by atoms with Crippen molar-refractivity contribution in [2.24, 2.45) is 0 Å². The highest BCUT2D eigenvalue weighted by Crippen LogP contribution is 2.21. The van der Waals surface area contributed by atoms with Crippen molar-refractivity contribution in [3.8, 4) is 0 Å². The van der Waals surface area contributed by atoms with E-state index in [0.717, 1.165) is 29.1 Å². The number of hydrogen-bond acceptors (Lipinski definition) is 2. The lowest BCUT2D eigenvalue weighted by Crippen LogP contribution is -2.26. The van der Waals surface area contributed by atoms with Crippen LogP contribution >= 0.6 is 11.6 Å². The standard InChI is InChI=1S/C15H13ClN2O/c16-13-3-1-11(2-4-13)6-8-18-10-12-5-7-17-9-14(12)15(18)19/h1-5,7,9H,6,8,10H2. The van der Waals surface area contributed by atoms with E-state index >= 15 is 0 Å². The molecule has 2 heterocycles. The number of aromatic nitrogens is 1. The van der Waals surface area contributed by atoms with Crippen LogP contribution in [0.4, 0.5) is 0 Å². The number of hydrogen-bond donors (Lipinski definition) is 0. The van der Waals surface area contributed by atoms with Crippen LogP contribution in [0.5, 0.6) is 0 Å². The first kappa shape index (κ1) is 12.2. The second-order valence-electron chi connectivity index (χ2n) is 4.64. The predicted octanol–water partition coefficient (Wildman–Crippen LogP) is 2.93. The van der Waals surface area contributed by atoms with Crippen molar-refractivity contribution in [3.63, 3.8) is 0 Å². The zero-order valence-electron chi connectivity index (χ0n) is 10.3. The molecule has 1 aliphatic heterocycles. The SMILES string of the molecule is O=C1c2cnccc2CN1CCc1ccc(Cl)cc1. The van der Waals surface area contributed by atoms with E-state index in [-0.39, 0.29) is 5.91 Å². The maximum Gasteiger partial charge on any atom is 0.256 e. The topological polar surface area (TPSA) is 33.2 Å². The molecular formula is C15H13ClN2O. The minimum absolute atomic E-state index is 0.0806. The van der Waals surface area contributed by atoms with Gasteiger partial charge in [-0.2, -0.15) is 0 Å². The second-order valence-corrected chi connectivity index (χ2v) is 5.07. The Morgan fingerprint density at radius 1 is 1.21 bits per heavy atom. The van der Waals surface area contributed by atoms with Crippen LogP contribution < -0.4 is 0 Å². The molecule has 0 unspecified atom stereocenters. The Kier molecular flexibility index (Phi) is 3.22. The van der Waals surface area contributed by atoms with Crippen LogP contribution in [0.3, 0.4) is 0 Å². The summed E-state index contributed by atoms with van der Waals surface area (Å²) < 4.78 is 0. The van der Waals surface area contributed by atoms with Gasteiger partial charge in [0.2, 0.25) is 0 Å². The number of carbonyl (C=O) groups is 1. The quantitative estimate of drug-likeness (QED) is 0.861. The fourth-order valence-electron chi connectivity index (χ4n) is 2.30. The van der Waals surface area contributed by atoms with E-state index in [1.165, 1.54) is 5.56 Å². The molecule has 0 radical (unpaired) electrons. The van der Waals surface area contributed by atoms with E-state index in [1.807, 2.05) is 35.2 Å². The number of carbonyl (C=O) groups excluding carboxylic acids is 1.